The Hall–Kier alpha value is 0.270. The molecule has 0 aromatic rings. The highest BCUT2D eigenvalue weighted by Crippen LogP contribution is 2.20. The van der Waals surface area contributed by atoms with Crippen LogP contribution in [0.1, 0.15) is 20.3 Å². The summed E-state index contributed by atoms with van der Waals surface area (Å²) in [7, 11) is 0. The van der Waals surface area contributed by atoms with Crippen LogP contribution in [-0.4, -0.2) is 23.5 Å². The first-order chi connectivity index (χ1) is 4.30. The van der Waals surface area contributed by atoms with Gasteiger partial charge in [0.05, 0.1) is 18.8 Å². The number of hydrogen-bond donors (Lipinski definition) is 0. The van der Waals surface area contributed by atoms with Gasteiger partial charge in [-0.15, -0.1) is 0 Å². The van der Waals surface area contributed by atoms with Crippen LogP contribution in [0.25, 0.3) is 0 Å². The lowest BCUT2D eigenvalue weighted by atomic mass is 10.3. The highest BCUT2D eigenvalue weighted by Gasteiger charge is 2.13. The maximum atomic E-state index is 5.19. The minimum absolute atomic E-state index is 0.607. The van der Waals surface area contributed by atoms with E-state index in [0.29, 0.717) is 6.04 Å². The summed E-state index contributed by atoms with van der Waals surface area (Å²) in [6, 6.07) is 0.607. The Kier molecular flexibility index (Phi) is 2.82. The van der Waals surface area contributed by atoms with E-state index in [1.54, 1.807) is 0 Å². The zero-order chi connectivity index (χ0) is 6.69. The van der Waals surface area contributed by atoms with Crippen LogP contribution in [0.3, 0.4) is 0 Å². The molecule has 1 aliphatic rings. The molecule has 1 fully saturated rings. The summed E-state index contributed by atoms with van der Waals surface area (Å²) >= 11 is 1.50. The van der Waals surface area contributed by atoms with Crippen molar-refractivity contribution in [1.82, 2.24) is 4.31 Å². The molecule has 0 N–H and O–H groups in total. The van der Waals surface area contributed by atoms with Crippen LogP contribution in [-0.2, 0) is 4.18 Å². The Balaban J connectivity index is 2.23. The predicted octanol–water partition coefficient (Wildman–Crippen LogP) is 1.68. The summed E-state index contributed by atoms with van der Waals surface area (Å²) in [5.41, 5.74) is 0. The van der Waals surface area contributed by atoms with Crippen molar-refractivity contribution in [2.75, 3.05) is 13.2 Å². The molecule has 0 aromatic carbocycles. The van der Waals surface area contributed by atoms with E-state index in [4.69, 9.17) is 4.18 Å². The number of nitrogens with zero attached hydrogens (tertiary/aromatic N) is 1. The van der Waals surface area contributed by atoms with Crippen molar-refractivity contribution in [3.05, 3.63) is 0 Å². The molecule has 3 heteroatoms. The lowest BCUT2D eigenvalue weighted by Crippen LogP contribution is -2.29. The molecule has 1 rings (SSSR count). The minimum Gasteiger partial charge on any atom is -0.301 e. The van der Waals surface area contributed by atoms with Gasteiger partial charge in [-0.1, -0.05) is 0 Å². The lowest BCUT2D eigenvalue weighted by Gasteiger charge is -2.27. The summed E-state index contributed by atoms with van der Waals surface area (Å²) in [6.07, 6.45) is 1.17. The van der Waals surface area contributed by atoms with Gasteiger partial charge in [-0.05, 0) is 20.3 Å². The molecule has 0 spiro atoms. The van der Waals surface area contributed by atoms with Gasteiger partial charge >= 0.3 is 0 Å². The third-order valence-electron chi connectivity index (χ3n) is 1.33. The zero-order valence-electron chi connectivity index (χ0n) is 5.96. The number of rotatable bonds is 1. The molecule has 0 atom stereocenters. The van der Waals surface area contributed by atoms with E-state index in [9.17, 15) is 0 Å². The normalized spacial score (nSPS) is 23.0. The van der Waals surface area contributed by atoms with E-state index in [1.807, 2.05) is 0 Å². The molecule has 1 saturated heterocycles. The molecular weight excluding hydrogens is 134 g/mol. The molecular formula is C6H13NOS. The Morgan fingerprint density at radius 2 is 2.33 bits per heavy atom. The second-order valence-corrected chi connectivity index (χ2v) is 3.34. The van der Waals surface area contributed by atoms with E-state index in [-0.39, 0.29) is 0 Å². The molecule has 1 heterocycles. The maximum absolute atomic E-state index is 5.19. The highest BCUT2D eigenvalue weighted by atomic mass is 32.2. The van der Waals surface area contributed by atoms with Gasteiger partial charge in [-0.25, -0.2) is 4.31 Å². The van der Waals surface area contributed by atoms with Crippen LogP contribution in [0.15, 0.2) is 0 Å². The van der Waals surface area contributed by atoms with Crippen LogP contribution < -0.4 is 0 Å². The molecule has 0 aromatic heterocycles. The van der Waals surface area contributed by atoms with Crippen LogP contribution >= 0.6 is 12.2 Å². The smallest absolute Gasteiger partial charge is 0.0821 e. The van der Waals surface area contributed by atoms with Crippen LogP contribution in [0.2, 0.25) is 0 Å². The number of hydrogen-bond acceptors (Lipinski definition) is 3. The van der Waals surface area contributed by atoms with Crippen LogP contribution in [0.4, 0.5) is 0 Å². The van der Waals surface area contributed by atoms with Gasteiger partial charge in [0, 0.05) is 12.6 Å². The summed E-state index contributed by atoms with van der Waals surface area (Å²) < 4.78 is 7.44. The maximum Gasteiger partial charge on any atom is 0.0821 e. The molecule has 54 valence electrons. The van der Waals surface area contributed by atoms with Gasteiger partial charge in [0.15, 0.2) is 0 Å². The fourth-order valence-electron chi connectivity index (χ4n) is 0.766. The molecule has 0 saturated carbocycles. The Bertz CT molecular complexity index is 81.1. The highest BCUT2D eigenvalue weighted by molar-refractivity contribution is 7.92. The van der Waals surface area contributed by atoms with Crippen molar-refractivity contribution in [3.63, 3.8) is 0 Å². The average molecular weight is 147 g/mol. The molecule has 0 amide bonds. The van der Waals surface area contributed by atoms with Gasteiger partial charge in [-0.3, -0.25) is 0 Å². The largest absolute Gasteiger partial charge is 0.301 e. The molecule has 0 radical (unpaired) electrons. The SMILES string of the molecule is CC(C)N1CCCOS1. The van der Waals surface area contributed by atoms with E-state index in [2.05, 4.69) is 18.2 Å². The molecule has 9 heavy (non-hydrogen) atoms. The van der Waals surface area contributed by atoms with E-state index >= 15 is 0 Å². The van der Waals surface area contributed by atoms with Gasteiger partial charge < -0.3 is 4.18 Å². The van der Waals surface area contributed by atoms with Gasteiger partial charge in [0.25, 0.3) is 0 Å². The standard InChI is InChI=1S/C6H13NOS/c1-6(2)7-4-3-5-8-9-7/h6H,3-5H2,1-2H3. The van der Waals surface area contributed by atoms with E-state index in [1.165, 1.54) is 25.2 Å². The molecule has 0 aliphatic carbocycles. The topological polar surface area (TPSA) is 12.5 Å². The predicted molar refractivity (Wildman–Crippen MR) is 40.0 cm³/mol. The van der Waals surface area contributed by atoms with E-state index in [0.717, 1.165) is 6.61 Å². The molecule has 0 unspecified atom stereocenters. The molecule has 1 aliphatic heterocycles. The first-order valence-corrected chi connectivity index (χ1v) is 4.07. The zero-order valence-corrected chi connectivity index (χ0v) is 6.78. The van der Waals surface area contributed by atoms with Crippen molar-refractivity contribution in [3.8, 4) is 0 Å². The lowest BCUT2D eigenvalue weighted by molar-refractivity contribution is 0.250. The molecule has 2 nitrogen and oxygen atoms in total. The minimum atomic E-state index is 0.607. The fourth-order valence-corrected chi connectivity index (χ4v) is 1.47. The fraction of sp³-hybridized carbons (Fsp3) is 1.00. The third kappa shape index (κ3) is 2.16. The second kappa shape index (κ2) is 3.44. The molecule has 0 bridgehead atoms. The van der Waals surface area contributed by atoms with Crippen molar-refractivity contribution >= 4 is 12.2 Å². The second-order valence-electron chi connectivity index (χ2n) is 2.48. The summed E-state index contributed by atoms with van der Waals surface area (Å²) in [6.45, 7) is 6.44. The third-order valence-corrected chi connectivity index (χ3v) is 2.40. The Labute approximate surface area is 60.9 Å². The summed E-state index contributed by atoms with van der Waals surface area (Å²) in [5.74, 6) is 0. The van der Waals surface area contributed by atoms with Crippen LogP contribution in [0, 0.1) is 0 Å². The van der Waals surface area contributed by atoms with Crippen molar-refractivity contribution in [1.29, 1.82) is 0 Å². The Morgan fingerprint density at radius 1 is 1.56 bits per heavy atom. The Morgan fingerprint density at radius 3 is 2.67 bits per heavy atom. The van der Waals surface area contributed by atoms with Crippen molar-refractivity contribution in [2.24, 2.45) is 0 Å². The average Bonchev–Trinajstić information content (AvgIpc) is 1.90. The quantitative estimate of drug-likeness (QED) is 0.413. The first-order valence-electron chi connectivity index (χ1n) is 3.37. The van der Waals surface area contributed by atoms with Gasteiger partial charge in [0.1, 0.15) is 0 Å². The van der Waals surface area contributed by atoms with Gasteiger partial charge in [0.2, 0.25) is 0 Å². The summed E-state index contributed by atoms with van der Waals surface area (Å²) in [5, 5.41) is 0. The van der Waals surface area contributed by atoms with Crippen molar-refractivity contribution in [2.45, 2.75) is 26.3 Å². The summed E-state index contributed by atoms with van der Waals surface area (Å²) in [4.78, 5) is 0. The van der Waals surface area contributed by atoms with Crippen LogP contribution in [0.5, 0.6) is 0 Å². The monoisotopic (exact) mass is 147 g/mol. The van der Waals surface area contributed by atoms with E-state index < -0.39 is 0 Å². The van der Waals surface area contributed by atoms with Crippen molar-refractivity contribution < 1.29 is 4.18 Å². The first kappa shape index (κ1) is 7.38. The van der Waals surface area contributed by atoms with Gasteiger partial charge in [-0.2, -0.15) is 0 Å².